The van der Waals surface area contributed by atoms with Crippen LogP contribution in [0.3, 0.4) is 0 Å². The second-order valence-electron chi connectivity index (χ2n) is 4.19. The number of hydrogen-bond donors (Lipinski definition) is 1. The molecule has 1 N–H and O–H groups in total. The lowest BCUT2D eigenvalue weighted by Gasteiger charge is -2.13. The fourth-order valence-electron chi connectivity index (χ4n) is 1.76. The molecule has 1 saturated heterocycles. The molecule has 0 spiro atoms. The summed E-state index contributed by atoms with van der Waals surface area (Å²) in [6, 6.07) is 0. The van der Waals surface area contributed by atoms with Crippen molar-refractivity contribution in [1.82, 2.24) is 10.2 Å². The van der Waals surface area contributed by atoms with Crippen LogP contribution in [0.1, 0.15) is 19.8 Å². The van der Waals surface area contributed by atoms with Crippen molar-refractivity contribution in [3.05, 3.63) is 23.9 Å². The van der Waals surface area contributed by atoms with Crippen LogP contribution >= 0.6 is 0 Å². The highest BCUT2D eigenvalue weighted by Gasteiger charge is 2.09. The normalized spacial score (nSPS) is 18.5. The Balaban J connectivity index is 1.99. The summed E-state index contributed by atoms with van der Waals surface area (Å²) in [7, 11) is 1.90. The Morgan fingerprint density at radius 1 is 1.38 bits per heavy atom. The fraction of sp³-hybridized carbons (Fsp3) is 0.692. The Labute approximate surface area is 99.2 Å². The van der Waals surface area contributed by atoms with E-state index in [0.717, 1.165) is 13.2 Å². The van der Waals surface area contributed by atoms with Crippen molar-refractivity contribution in [2.75, 3.05) is 39.9 Å². The van der Waals surface area contributed by atoms with Gasteiger partial charge in [-0.15, -0.1) is 0 Å². The first-order chi connectivity index (χ1) is 7.83. The molecule has 16 heavy (non-hydrogen) atoms. The Bertz CT molecular complexity index is 230. The molecule has 0 saturated carbocycles. The van der Waals surface area contributed by atoms with Gasteiger partial charge in [-0.1, -0.05) is 11.6 Å². The predicted molar refractivity (Wildman–Crippen MR) is 68.4 cm³/mol. The van der Waals surface area contributed by atoms with Crippen LogP contribution in [0, 0.1) is 0 Å². The van der Waals surface area contributed by atoms with E-state index in [4.69, 9.17) is 4.74 Å². The number of rotatable bonds is 7. The smallest absolute Gasteiger partial charge is 0.0653 e. The second-order valence-corrected chi connectivity index (χ2v) is 4.19. The molecule has 0 radical (unpaired) electrons. The molecule has 0 bridgehead atoms. The zero-order chi connectivity index (χ0) is 11.6. The van der Waals surface area contributed by atoms with Crippen molar-refractivity contribution >= 4 is 0 Å². The summed E-state index contributed by atoms with van der Waals surface area (Å²) >= 11 is 0. The van der Waals surface area contributed by atoms with Gasteiger partial charge in [-0.05, 0) is 45.1 Å². The van der Waals surface area contributed by atoms with Gasteiger partial charge in [0.05, 0.1) is 13.2 Å². The van der Waals surface area contributed by atoms with Crippen molar-refractivity contribution < 1.29 is 4.74 Å². The first-order valence-corrected chi connectivity index (χ1v) is 6.13. The molecular weight excluding hydrogens is 200 g/mol. The molecule has 0 aromatic heterocycles. The maximum absolute atomic E-state index is 5.57. The van der Waals surface area contributed by atoms with Crippen molar-refractivity contribution in [2.45, 2.75) is 19.8 Å². The van der Waals surface area contributed by atoms with E-state index in [-0.39, 0.29) is 0 Å². The van der Waals surface area contributed by atoms with Gasteiger partial charge < -0.3 is 15.0 Å². The summed E-state index contributed by atoms with van der Waals surface area (Å²) in [5, 5.41) is 2.97. The standard InChI is InChI=1S/C13H24N2O/c1-13(5-7-14-2)6-11-16-12-10-15-8-3-4-9-15/h5-7,14H,3-4,8-12H2,1-2H3/b7-5-,13-6-. The van der Waals surface area contributed by atoms with Crippen LogP contribution in [0.5, 0.6) is 0 Å². The van der Waals surface area contributed by atoms with Gasteiger partial charge in [0.2, 0.25) is 0 Å². The Morgan fingerprint density at radius 3 is 2.81 bits per heavy atom. The van der Waals surface area contributed by atoms with E-state index >= 15 is 0 Å². The van der Waals surface area contributed by atoms with Crippen LogP contribution in [0.2, 0.25) is 0 Å². The Kier molecular flexibility index (Phi) is 6.93. The predicted octanol–water partition coefficient (Wildman–Crippen LogP) is 1.78. The second kappa shape index (κ2) is 8.36. The third kappa shape index (κ3) is 5.93. The average Bonchev–Trinajstić information content (AvgIpc) is 2.79. The van der Waals surface area contributed by atoms with Crippen molar-refractivity contribution in [1.29, 1.82) is 0 Å². The highest BCUT2D eigenvalue weighted by atomic mass is 16.5. The monoisotopic (exact) mass is 224 g/mol. The van der Waals surface area contributed by atoms with Crippen LogP contribution in [-0.2, 0) is 4.74 Å². The van der Waals surface area contributed by atoms with Crippen LogP contribution in [-0.4, -0.2) is 44.8 Å². The minimum absolute atomic E-state index is 0.716. The van der Waals surface area contributed by atoms with Gasteiger partial charge in [-0.3, -0.25) is 0 Å². The number of nitrogens with one attached hydrogen (secondary N) is 1. The molecule has 92 valence electrons. The van der Waals surface area contributed by atoms with E-state index < -0.39 is 0 Å². The van der Waals surface area contributed by atoms with Crippen LogP contribution in [0.4, 0.5) is 0 Å². The Hall–Kier alpha value is -0.800. The largest absolute Gasteiger partial charge is 0.394 e. The number of hydrogen-bond acceptors (Lipinski definition) is 3. The quantitative estimate of drug-likeness (QED) is 0.527. The minimum Gasteiger partial charge on any atom is -0.394 e. The van der Waals surface area contributed by atoms with Crippen LogP contribution < -0.4 is 5.32 Å². The SMILES string of the molecule is CN/C=C\C(C)=C/COCCN1CCCC1. The molecule has 0 unspecified atom stereocenters. The van der Waals surface area contributed by atoms with Gasteiger partial charge in [0.1, 0.15) is 0 Å². The topological polar surface area (TPSA) is 24.5 Å². The third-order valence-electron chi connectivity index (χ3n) is 2.79. The maximum Gasteiger partial charge on any atom is 0.0653 e. The van der Waals surface area contributed by atoms with Gasteiger partial charge in [-0.2, -0.15) is 0 Å². The molecule has 0 amide bonds. The van der Waals surface area contributed by atoms with Gasteiger partial charge >= 0.3 is 0 Å². The van der Waals surface area contributed by atoms with Gasteiger partial charge in [0.25, 0.3) is 0 Å². The molecule has 1 aliphatic rings. The summed E-state index contributed by atoms with van der Waals surface area (Å²) in [6.07, 6.45) is 8.79. The number of likely N-dealkylation sites (tertiary alicyclic amines) is 1. The van der Waals surface area contributed by atoms with Gasteiger partial charge in [0.15, 0.2) is 0 Å². The van der Waals surface area contributed by atoms with E-state index in [1.165, 1.54) is 31.5 Å². The minimum atomic E-state index is 0.716. The molecule has 1 rings (SSSR count). The molecule has 0 aliphatic carbocycles. The molecule has 3 heteroatoms. The summed E-state index contributed by atoms with van der Waals surface area (Å²) in [4.78, 5) is 2.47. The highest BCUT2D eigenvalue weighted by Crippen LogP contribution is 2.05. The average molecular weight is 224 g/mol. The first kappa shape index (κ1) is 13.3. The van der Waals surface area contributed by atoms with Crippen LogP contribution in [0.25, 0.3) is 0 Å². The van der Waals surface area contributed by atoms with E-state index in [0.29, 0.717) is 6.61 Å². The number of allylic oxidation sites excluding steroid dienone is 2. The van der Waals surface area contributed by atoms with Crippen LogP contribution in [0.15, 0.2) is 23.9 Å². The van der Waals surface area contributed by atoms with Gasteiger partial charge in [-0.25, -0.2) is 0 Å². The molecule has 1 heterocycles. The molecule has 3 nitrogen and oxygen atoms in total. The zero-order valence-corrected chi connectivity index (χ0v) is 10.5. The first-order valence-electron chi connectivity index (χ1n) is 6.13. The molecule has 1 fully saturated rings. The van der Waals surface area contributed by atoms with E-state index in [1.807, 2.05) is 19.3 Å². The van der Waals surface area contributed by atoms with Crippen molar-refractivity contribution in [3.8, 4) is 0 Å². The van der Waals surface area contributed by atoms with Crippen molar-refractivity contribution in [3.63, 3.8) is 0 Å². The van der Waals surface area contributed by atoms with E-state index in [9.17, 15) is 0 Å². The van der Waals surface area contributed by atoms with E-state index in [2.05, 4.69) is 23.2 Å². The lowest BCUT2D eigenvalue weighted by atomic mass is 10.3. The fourth-order valence-corrected chi connectivity index (χ4v) is 1.76. The Morgan fingerprint density at radius 2 is 2.12 bits per heavy atom. The highest BCUT2D eigenvalue weighted by molar-refractivity contribution is 5.15. The van der Waals surface area contributed by atoms with Crippen molar-refractivity contribution in [2.24, 2.45) is 0 Å². The molecule has 1 aliphatic heterocycles. The lowest BCUT2D eigenvalue weighted by Crippen LogP contribution is -2.24. The van der Waals surface area contributed by atoms with Gasteiger partial charge in [0, 0.05) is 13.6 Å². The number of nitrogens with zero attached hydrogens (tertiary/aromatic N) is 1. The number of ether oxygens (including phenoxy) is 1. The molecule has 0 aromatic carbocycles. The summed E-state index contributed by atoms with van der Waals surface area (Å²) < 4.78 is 5.57. The summed E-state index contributed by atoms with van der Waals surface area (Å²) in [5.74, 6) is 0. The zero-order valence-electron chi connectivity index (χ0n) is 10.5. The van der Waals surface area contributed by atoms with E-state index in [1.54, 1.807) is 0 Å². The molecular formula is C13H24N2O. The maximum atomic E-state index is 5.57. The molecule has 0 atom stereocenters. The summed E-state index contributed by atoms with van der Waals surface area (Å²) in [6.45, 7) is 7.23. The third-order valence-corrected chi connectivity index (χ3v) is 2.79. The lowest BCUT2D eigenvalue weighted by molar-refractivity contribution is 0.133. The molecule has 0 aromatic rings. The summed E-state index contributed by atoms with van der Waals surface area (Å²) in [5.41, 5.74) is 1.23.